The molecule has 0 aromatic heterocycles. The fourth-order valence-corrected chi connectivity index (χ4v) is 2.60. The van der Waals surface area contributed by atoms with Gasteiger partial charge in [-0.2, -0.15) is 0 Å². The first kappa shape index (κ1) is 11.9. The molecular weight excluding hydrogens is 225 g/mol. The Morgan fingerprint density at radius 1 is 1.44 bits per heavy atom. The van der Waals surface area contributed by atoms with E-state index in [9.17, 15) is 4.39 Å². The first-order valence-corrected chi connectivity index (χ1v) is 6.22. The first-order chi connectivity index (χ1) is 7.66. The predicted octanol–water partition coefficient (Wildman–Crippen LogP) is 3.47. The smallest absolute Gasteiger partial charge is 0.145 e. The van der Waals surface area contributed by atoms with Gasteiger partial charge in [0.1, 0.15) is 5.82 Å². The Morgan fingerprint density at radius 2 is 2.25 bits per heavy atom. The molecule has 1 heterocycles. The second-order valence-corrected chi connectivity index (χ2v) is 4.98. The van der Waals surface area contributed by atoms with E-state index in [-0.39, 0.29) is 10.8 Å². The first-order valence-electron chi connectivity index (χ1n) is 5.84. The van der Waals surface area contributed by atoms with E-state index in [1.807, 2.05) is 13.0 Å². The third-order valence-electron chi connectivity index (χ3n) is 3.13. The number of halogens is 2. The van der Waals surface area contributed by atoms with Crippen molar-refractivity contribution in [3.05, 3.63) is 34.1 Å². The molecule has 1 aliphatic rings. The Labute approximate surface area is 101 Å². The van der Waals surface area contributed by atoms with Crippen molar-refractivity contribution in [1.82, 2.24) is 5.32 Å². The zero-order valence-corrected chi connectivity index (χ0v) is 10.3. The summed E-state index contributed by atoms with van der Waals surface area (Å²) in [4.78, 5) is 0. The van der Waals surface area contributed by atoms with Crippen LogP contribution >= 0.6 is 11.6 Å². The van der Waals surface area contributed by atoms with Crippen molar-refractivity contribution in [3.63, 3.8) is 0 Å². The molecular formula is C13H17ClFN. The number of rotatable bonds is 2. The van der Waals surface area contributed by atoms with Crippen LogP contribution in [-0.4, -0.2) is 12.6 Å². The summed E-state index contributed by atoms with van der Waals surface area (Å²) >= 11 is 5.84. The Kier molecular flexibility index (Phi) is 3.82. The van der Waals surface area contributed by atoms with Gasteiger partial charge in [-0.15, -0.1) is 0 Å². The molecule has 3 heteroatoms. The van der Waals surface area contributed by atoms with Crippen molar-refractivity contribution < 1.29 is 4.39 Å². The highest BCUT2D eigenvalue weighted by atomic mass is 35.5. The van der Waals surface area contributed by atoms with E-state index in [0.717, 1.165) is 30.5 Å². The van der Waals surface area contributed by atoms with Crippen LogP contribution in [0.4, 0.5) is 4.39 Å². The van der Waals surface area contributed by atoms with E-state index in [4.69, 9.17) is 11.6 Å². The second kappa shape index (κ2) is 5.15. The standard InChI is InChI=1S/C13H17ClFN/c1-9-6-10(13(15)12(14)7-9)8-11-4-2-3-5-16-11/h6-7,11,16H,2-5,8H2,1H3. The molecule has 16 heavy (non-hydrogen) atoms. The van der Waals surface area contributed by atoms with Crippen molar-refractivity contribution >= 4 is 11.6 Å². The van der Waals surface area contributed by atoms with E-state index in [2.05, 4.69) is 5.32 Å². The lowest BCUT2D eigenvalue weighted by atomic mass is 9.96. The summed E-state index contributed by atoms with van der Waals surface area (Å²) in [5.41, 5.74) is 1.77. The largest absolute Gasteiger partial charge is 0.314 e. The lowest BCUT2D eigenvalue weighted by Crippen LogP contribution is -2.35. The molecule has 0 amide bonds. The average molecular weight is 242 g/mol. The van der Waals surface area contributed by atoms with Gasteiger partial charge in [-0.05, 0) is 49.9 Å². The van der Waals surface area contributed by atoms with Gasteiger partial charge in [-0.1, -0.05) is 24.1 Å². The average Bonchev–Trinajstić information content (AvgIpc) is 2.27. The minimum Gasteiger partial charge on any atom is -0.314 e. The zero-order chi connectivity index (χ0) is 11.5. The van der Waals surface area contributed by atoms with Gasteiger partial charge in [0.25, 0.3) is 0 Å². The number of hydrogen-bond acceptors (Lipinski definition) is 1. The van der Waals surface area contributed by atoms with Gasteiger partial charge in [0, 0.05) is 6.04 Å². The van der Waals surface area contributed by atoms with Crippen molar-refractivity contribution in [2.24, 2.45) is 0 Å². The van der Waals surface area contributed by atoms with Gasteiger partial charge >= 0.3 is 0 Å². The maximum atomic E-state index is 13.8. The highest BCUT2D eigenvalue weighted by molar-refractivity contribution is 6.30. The lowest BCUT2D eigenvalue weighted by Gasteiger charge is -2.23. The minimum absolute atomic E-state index is 0.241. The lowest BCUT2D eigenvalue weighted by molar-refractivity contribution is 0.395. The summed E-state index contributed by atoms with van der Waals surface area (Å²) in [7, 11) is 0. The molecule has 1 aliphatic heterocycles. The van der Waals surface area contributed by atoms with E-state index < -0.39 is 0 Å². The van der Waals surface area contributed by atoms with Crippen LogP contribution in [0.2, 0.25) is 5.02 Å². The molecule has 1 unspecified atom stereocenters. The van der Waals surface area contributed by atoms with Crippen LogP contribution in [0, 0.1) is 12.7 Å². The normalized spacial score (nSPS) is 21.1. The second-order valence-electron chi connectivity index (χ2n) is 4.57. The molecule has 88 valence electrons. The summed E-state index contributed by atoms with van der Waals surface area (Å²) in [6.07, 6.45) is 4.34. The summed E-state index contributed by atoms with van der Waals surface area (Å²) in [5.74, 6) is -0.250. The fourth-order valence-electron chi connectivity index (χ4n) is 2.31. The number of benzene rings is 1. The van der Waals surface area contributed by atoms with E-state index in [1.54, 1.807) is 6.07 Å². The van der Waals surface area contributed by atoms with Gasteiger partial charge in [0.05, 0.1) is 5.02 Å². The highest BCUT2D eigenvalue weighted by Gasteiger charge is 2.16. The van der Waals surface area contributed by atoms with Crippen LogP contribution in [0.5, 0.6) is 0 Å². The van der Waals surface area contributed by atoms with Crippen LogP contribution in [0.3, 0.4) is 0 Å². The van der Waals surface area contributed by atoms with Crippen molar-refractivity contribution in [3.8, 4) is 0 Å². The molecule has 1 fully saturated rings. The highest BCUT2D eigenvalue weighted by Crippen LogP contribution is 2.23. The van der Waals surface area contributed by atoms with Crippen molar-refractivity contribution in [1.29, 1.82) is 0 Å². The fraction of sp³-hybridized carbons (Fsp3) is 0.538. The Morgan fingerprint density at radius 3 is 2.94 bits per heavy atom. The topological polar surface area (TPSA) is 12.0 Å². The quantitative estimate of drug-likeness (QED) is 0.836. The summed E-state index contributed by atoms with van der Waals surface area (Å²) < 4.78 is 13.8. The molecule has 1 aromatic carbocycles. The van der Waals surface area contributed by atoms with Crippen LogP contribution in [0.1, 0.15) is 30.4 Å². The van der Waals surface area contributed by atoms with Crippen LogP contribution in [0.25, 0.3) is 0 Å². The third kappa shape index (κ3) is 2.74. The molecule has 0 spiro atoms. The number of piperidine rings is 1. The maximum Gasteiger partial charge on any atom is 0.145 e. The molecule has 1 nitrogen and oxygen atoms in total. The molecule has 2 rings (SSSR count). The Bertz CT molecular complexity index is 372. The van der Waals surface area contributed by atoms with E-state index in [0.29, 0.717) is 6.04 Å². The number of hydrogen-bond donors (Lipinski definition) is 1. The van der Waals surface area contributed by atoms with Gasteiger partial charge in [0.2, 0.25) is 0 Å². The monoisotopic (exact) mass is 241 g/mol. The van der Waals surface area contributed by atoms with Crippen LogP contribution in [0.15, 0.2) is 12.1 Å². The molecule has 0 aliphatic carbocycles. The van der Waals surface area contributed by atoms with Crippen molar-refractivity contribution in [2.75, 3.05) is 6.54 Å². The molecule has 1 N–H and O–H groups in total. The van der Waals surface area contributed by atoms with E-state index in [1.165, 1.54) is 12.8 Å². The molecule has 1 aromatic rings. The molecule has 0 bridgehead atoms. The Hall–Kier alpha value is -0.600. The summed E-state index contributed by atoms with van der Waals surface area (Å²) in [5, 5.41) is 3.67. The molecule has 0 saturated carbocycles. The Balaban J connectivity index is 2.13. The molecule has 1 saturated heterocycles. The van der Waals surface area contributed by atoms with Gasteiger partial charge in [0.15, 0.2) is 0 Å². The zero-order valence-electron chi connectivity index (χ0n) is 9.52. The predicted molar refractivity (Wildman–Crippen MR) is 65.5 cm³/mol. The molecule has 0 radical (unpaired) electrons. The number of aryl methyl sites for hydroxylation is 1. The number of nitrogens with one attached hydrogen (secondary N) is 1. The van der Waals surface area contributed by atoms with E-state index >= 15 is 0 Å². The van der Waals surface area contributed by atoms with Gasteiger partial charge < -0.3 is 5.32 Å². The molecule has 1 atom stereocenters. The maximum absolute atomic E-state index is 13.8. The minimum atomic E-state index is -0.250. The third-order valence-corrected chi connectivity index (χ3v) is 3.40. The van der Waals surface area contributed by atoms with Crippen LogP contribution in [-0.2, 0) is 6.42 Å². The SMILES string of the molecule is Cc1cc(Cl)c(F)c(CC2CCCCN2)c1. The van der Waals surface area contributed by atoms with Gasteiger partial charge in [-0.3, -0.25) is 0 Å². The van der Waals surface area contributed by atoms with Crippen LogP contribution < -0.4 is 5.32 Å². The summed E-state index contributed by atoms with van der Waals surface area (Å²) in [6.45, 7) is 2.99. The van der Waals surface area contributed by atoms with Crippen molar-refractivity contribution in [2.45, 2.75) is 38.6 Å². The van der Waals surface area contributed by atoms with Gasteiger partial charge in [-0.25, -0.2) is 4.39 Å². The summed E-state index contributed by atoms with van der Waals surface area (Å²) in [6, 6.07) is 3.98.